The Hall–Kier alpha value is -2.30. The standard InChI is InChI=1S/C6H5NO2.C4H4N2/c8-6(9)5-3-1-2-4-7-5;1-2-5-4-6-3-1/h1-4H,(H,8,9);1-4H. The summed E-state index contributed by atoms with van der Waals surface area (Å²) in [5.41, 5.74) is 0.0810. The first kappa shape index (κ1) is 10.8. The highest BCUT2D eigenvalue weighted by atomic mass is 16.4. The van der Waals surface area contributed by atoms with Crippen LogP contribution in [-0.2, 0) is 0 Å². The van der Waals surface area contributed by atoms with Crippen molar-refractivity contribution in [2.24, 2.45) is 0 Å². The third kappa shape index (κ3) is 4.47. The summed E-state index contributed by atoms with van der Waals surface area (Å²) in [6.45, 7) is 0. The molecule has 0 aromatic carbocycles. The van der Waals surface area contributed by atoms with Gasteiger partial charge in [-0.1, -0.05) is 6.07 Å². The van der Waals surface area contributed by atoms with E-state index in [1.807, 2.05) is 0 Å². The molecule has 2 aromatic rings. The first-order valence-corrected chi connectivity index (χ1v) is 4.15. The number of hydrogen-bond acceptors (Lipinski definition) is 4. The lowest BCUT2D eigenvalue weighted by molar-refractivity contribution is 0.0690. The highest BCUT2D eigenvalue weighted by Gasteiger charge is 1.98. The predicted octanol–water partition coefficient (Wildman–Crippen LogP) is 1.26. The lowest BCUT2D eigenvalue weighted by atomic mass is 10.4. The van der Waals surface area contributed by atoms with Crippen LogP contribution in [0.15, 0.2) is 49.2 Å². The second-order valence-electron chi connectivity index (χ2n) is 2.42. The van der Waals surface area contributed by atoms with Gasteiger partial charge in [-0.3, -0.25) is 0 Å². The van der Waals surface area contributed by atoms with Gasteiger partial charge in [0.1, 0.15) is 12.0 Å². The zero-order valence-corrected chi connectivity index (χ0v) is 7.82. The minimum absolute atomic E-state index is 0.0810. The second-order valence-corrected chi connectivity index (χ2v) is 2.42. The molecule has 76 valence electrons. The van der Waals surface area contributed by atoms with Crippen molar-refractivity contribution in [3.8, 4) is 0 Å². The molecule has 15 heavy (non-hydrogen) atoms. The molecule has 0 aliphatic carbocycles. The van der Waals surface area contributed by atoms with E-state index in [9.17, 15) is 4.79 Å². The van der Waals surface area contributed by atoms with Crippen LogP contribution in [0, 0.1) is 0 Å². The molecule has 0 bridgehead atoms. The molecule has 0 spiro atoms. The fourth-order valence-corrected chi connectivity index (χ4v) is 0.743. The molecule has 2 heterocycles. The van der Waals surface area contributed by atoms with Crippen molar-refractivity contribution in [2.75, 3.05) is 0 Å². The number of hydrogen-bond donors (Lipinski definition) is 1. The zero-order valence-electron chi connectivity index (χ0n) is 7.82. The van der Waals surface area contributed by atoms with Crippen molar-refractivity contribution in [3.05, 3.63) is 54.9 Å². The average Bonchev–Trinajstić information content (AvgIpc) is 2.33. The van der Waals surface area contributed by atoms with E-state index < -0.39 is 5.97 Å². The lowest BCUT2D eigenvalue weighted by Gasteiger charge is -1.87. The Balaban J connectivity index is 0.000000162. The van der Waals surface area contributed by atoms with Crippen LogP contribution in [0.1, 0.15) is 10.5 Å². The van der Waals surface area contributed by atoms with Gasteiger partial charge in [-0.25, -0.2) is 19.7 Å². The maximum Gasteiger partial charge on any atom is 0.354 e. The van der Waals surface area contributed by atoms with E-state index in [0.717, 1.165) is 0 Å². The van der Waals surface area contributed by atoms with Crippen LogP contribution >= 0.6 is 0 Å². The monoisotopic (exact) mass is 203 g/mol. The predicted molar refractivity (Wildman–Crippen MR) is 53.2 cm³/mol. The highest BCUT2D eigenvalue weighted by Crippen LogP contribution is 1.90. The Morgan fingerprint density at radius 1 is 1.07 bits per heavy atom. The van der Waals surface area contributed by atoms with E-state index >= 15 is 0 Å². The smallest absolute Gasteiger partial charge is 0.354 e. The van der Waals surface area contributed by atoms with Crippen LogP contribution in [0.3, 0.4) is 0 Å². The third-order valence-corrected chi connectivity index (χ3v) is 1.36. The van der Waals surface area contributed by atoms with E-state index in [1.165, 1.54) is 18.6 Å². The first-order valence-electron chi connectivity index (χ1n) is 4.15. The molecule has 5 nitrogen and oxygen atoms in total. The summed E-state index contributed by atoms with van der Waals surface area (Å²) in [4.78, 5) is 21.1. The number of carboxylic acid groups (broad SMARTS) is 1. The fraction of sp³-hybridized carbons (Fsp3) is 0. The Morgan fingerprint density at radius 3 is 2.07 bits per heavy atom. The quantitative estimate of drug-likeness (QED) is 0.754. The molecule has 0 saturated heterocycles. The molecule has 0 atom stereocenters. The molecule has 2 rings (SSSR count). The molecule has 0 unspecified atom stereocenters. The molecule has 5 heteroatoms. The highest BCUT2D eigenvalue weighted by molar-refractivity contribution is 5.85. The number of rotatable bonds is 1. The van der Waals surface area contributed by atoms with Gasteiger partial charge >= 0.3 is 5.97 Å². The summed E-state index contributed by atoms with van der Waals surface area (Å²) in [6.07, 6.45) is 6.32. The normalized spacial score (nSPS) is 8.53. The number of nitrogens with zero attached hydrogens (tertiary/aromatic N) is 3. The van der Waals surface area contributed by atoms with Crippen LogP contribution in [0.4, 0.5) is 0 Å². The maximum atomic E-state index is 10.1. The van der Waals surface area contributed by atoms with Crippen molar-refractivity contribution in [1.82, 2.24) is 15.0 Å². The van der Waals surface area contributed by atoms with Crippen molar-refractivity contribution >= 4 is 5.97 Å². The van der Waals surface area contributed by atoms with Gasteiger partial charge in [-0.05, 0) is 18.2 Å². The largest absolute Gasteiger partial charge is 0.477 e. The SMILES string of the molecule is O=C(O)c1ccccn1.c1cncnc1. The molecule has 1 N–H and O–H groups in total. The number of carbonyl (C=O) groups is 1. The molecule has 0 radical (unpaired) electrons. The second kappa shape index (κ2) is 6.20. The number of aromatic carboxylic acids is 1. The topological polar surface area (TPSA) is 76.0 Å². The van der Waals surface area contributed by atoms with Gasteiger partial charge in [-0.2, -0.15) is 0 Å². The van der Waals surface area contributed by atoms with Crippen LogP contribution in [0.5, 0.6) is 0 Å². The van der Waals surface area contributed by atoms with Crippen LogP contribution in [0.2, 0.25) is 0 Å². The minimum Gasteiger partial charge on any atom is -0.477 e. The third-order valence-electron chi connectivity index (χ3n) is 1.36. The average molecular weight is 203 g/mol. The van der Waals surface area contributed by atoms with Crippen LogP contribution < -0.4 is 0 Å². The molecular formula is C10H9N3O2. The summed E-state index contributed by atoms with van der Waals surface area (Å²) in [5.74, 6) is -0.990. The van der Waals surface area contributed by atoms with Crippen molar-refractivity contribution < 1.29 is 9.90 Å². The van der Waals surface area contributed by atoms with Crippen molar-refractivity contribution in [3.63, 3.8) is 0 Å². The Bertz CT molecular complexity index is 365. The van der Waals surface area contributed by atoms with Gasteiger partial charge in [0, 0.05) is 18.6 Å². The molecule has 2 aromatic heterocycles. The number of carboxylic acids is 1. The fourth-order valence-electron chi connectivity index (χ4n) is 0.743. The molecular weight excluding hydrogens is 194 g/mol. The van der Waals surface area contributed by atoms with Crippen LogP contribution in [0.25, 0.3) is 0 Å². The molecule has 0 saturated carbocycles. The van der Waals surface area contributed by atoms with Crippen molar-refractivity contribution in [1.29, 1.82) is 0 Å². The molecule has 0 aliphatic heterocycles. The summed E-state index contributed by atoms with van der Waals surface area (Å²) >= 11 is 0. The van der Waals surface area contributed by atoms with Gasteiger partial charge < -0.3 is 5.11 Å². The minimum atomic E-state index is -0.990. The molecule has 0 amide bonds. The summed E-state index contributed by atoms with van der Waals surface area (Å²) in [6, 6.07) is 6.53. The first-order chi connectivity index (χ1) is 7.30. The Labute approximate surface area is 86.5 Å². The zero-order chi connectivity index (χ0) is 10.9. The lowest BCUT2D eigenvalue weighted by Crippen LogP contribution is -1.97. The summed E-state index contributed by atoms with van der Waals surface area (Å²) in [5, 5.41) is 8.32. The summed E-state index contributed by atoms with van der Waals surface area (Å²) < 4.78 is 0. The van der Waals surface area contributed by atoms with Gasteiger partial charge in [0.25, 0.3) is 0 Å². The van der Waals surface area contributed by atoms with E-state index in [1.54, 1.807) is 30.6 Å². The van der Waals surface area contributed by atoms with Crippen molar-refractivity contribution in [2.45, 2.75) is 0 Å². The maximum absolute atomic E-state index is 10.1. The Kier molecular flexibility index (Phi) is 4.45. The summed E-state index contributed by atoms with van der Waals surface area (Å²) in [7, 11) is 0. The van der Waals surface area contributed by atoms with Crippen LogP contribution in [-0.4, -0.2) is 26.0 Å². The van der Waals surface area contributed by atoms with Gasteiger partial charge in [0.2, 0.25) is 0 Å². The molecule has 0 aliphatic rings. The number of aromatic nitrogens is 3. The van der Waals surface area contributed by atoms with E-state index in [0.29, 0.717) is 0 Å². The van der Waals surface area contributed by atoms with Gasteiger partial charge in [0.15, 0.2) is 0 Å². The number of pyridine rings is 1. The van der Waals surface area contributed by atoms with E-state index in [4.69, 9.17) is 5.11 Å². The van der Waals surface area contributed by atoms with E-state index in [-0.39, 0.29) is 5.69 Å². The Morgan fingerprint density at radius 2 is 1.80 bits per heavy atom. The van der Waals surface area contributed by atoms with Gasteiger partial charge in [-0.15, -0.1) is 0 Å². The van der Waals surface area contributed by atoms with Gasteiger partial charge in [0.05, 0.1) is 0 Å². The molecule has 0 fully saturated rings. The van der Waals surface area contributed by atoms with E-state index in [2.05, 4.69) is 15.0 Å².